The fraction of sp³-hybridized carbons (Fsp3) is 0.647. The summed E-state index contributed by atoms with van der Waals surface area (Å²) in [5.74, 6) is 4.05. The van der Waals surface area contributed by atoms with Crippen molar-refractivity contribution in [1.29, 1.82) is 0 Å². The first-order chi connectivity index (χ1) is 9.38. The fourth-order valence-electron chi connectivity index (χ4n) is 3.70. The summed E-state index contributed by atoms with van der Waals surface area (Å²) in [6, 6.07) is 7.22. The van der Waals surface area contributed by atoms with Crippen molar-refractivity contribution < 1.29 is 0 Å². The summed E-state index contributed by atoms with van der Waals surface area (Å²) >= 11 is 2.10. The molecular formula is C17H25NS. The second-order valence-electron chi connectivity index (χ2n) is 6.03. The average Bonchev–Trinajstić information content (AvgIpc) is 2.49. The molecule has 1 aromatic carbocycles. The summed E-state index contributed by atoms with van der Waals surface area (Å²) in [5.41, 5.74) is 10.8. The molecule has 1 unspecified atom stereocenters. The molecule has 0 bridgehead atoms. The fourth-order valence-corrected chi connectivity index (χ4v) is 4.85. The molecular weight excluding hydrogens is 250 g/mol. The second kappa shape index (κ2) is 6.32. The van der Waals surface area contributed by atoms with Crippen LogP contribution in [0.2, 0.25) is 0 Å². The van der Waals surface area contributed by atoms with Gasteiger partial charge in [-0.3, -0.25) is 0 Å². The largest absolute Gasteiger partial charge is 0.330 e. The molecule has 1 fully saturated rings. The highest BCUT2D eigenvalue weighted by Crippen LogP contribution is 2.36. The maximum absolute atomic E-state index is 6.10. The molecule has 1 aromatic rings. The first-order valence-electron chi connectivity index (χ1n) is 7.78. The van der Waals surface area contributed by atoms with Gasteiger partial charge in [0.05, 0.1) is 0 Å². The molecule has 19 heavy (non-hydrogen) atoms. The standard InChI is InChI=1S/C17H25NS/c18-12-17(14-7-9-19-10-8-14)16-6-5-13-3-1-2-4-15(13)11-16/h5-6,11,14,17H,1-4,7-10,12,18H2. The zero-order chi connectivity index (χ0) is 13.1. The first kappa shape index (κ1) is 13.5. The molecule has 1 heterocycles. The third-order valence-corrected chi connectivity index (χ3v) is 5.94. The van der Waals surface area contributed by atoms with E-state index in [0.29, 0.717) is 5.92 Å². The Morgan fingerprint density at radius 2 is 1.84 bits per heavy atom. The molecule has 0 spiro atoms. The van der Waals surface area contributed by atoms with Crippen LogP contribution in [0.4, 0.5) is 0 Å². The molecule has 1 atom stereocenters. The molecule has 0 aromatic heterocycles. The van der Waals surface area contributed by atoms with Crippen molar-refractivity contribution >= 4 is 11.8 Å². The Morgan fingerprint density at radius 3 is 2.58 bits per heavy atom. The monoisotopic (exact) mass is 275 g/mol. The number of benzene rings is 1. The Morgan fingerprint density at radius 1 is 1.11 bits per heavy atom. The van der Waals surface area contributed by atoms with Gasteiger partial charge in [-0.15, -0.1) is 0 Å². The molecule has 0 radical (unpaired) electrons. The minimum Gasteiger partial charge on any atom is -0.330 e. The molecule has 3 rings (SSSR count). The van der Waals surface area contributed by atoms with Gasteiger partial charge in [-0.25, -0.2) is 0 Å². The molecule has 2 aliphatic rings. The van der Waals surface area contributed by atoms with E-state index < -0.39 is 0 Å². The van der Waals surface area contributed by atoms with Crippen molar-refractivity contribution in [2.24, 2.45) is 11.7 Å². The van der Waals surface area contributed by atoms with Crippen molar-refractivity contribution in [2.75, 3.05) is 18.1 Å². The third kappa shape index (κ3) is 3.00. The Kier molecular flexibility index (Phi) is 4.49. The van der Waals surface area contributed by atoms with Crippen LogP contribution in [0.25, 0.3) is 0 Å². The van der Waals surface area contributed by atoms with E-state index in [0.717, 1.165) is 12.5 Å². The number of hydrogen-bond acceptors (Lipinski definition) is 2. The van der Waals surface area contributed by atoms with Gasteiger partial charge >= 0.3 is 0 Å². The zero-order valence-electron chi connectivity index (χ0n) is 11.7. The quantitative estimate of drug-likeness (QED) is 0.909. The Labute approximate surface area is 121 Å². The van der Waals surface area contributed by atoms with Gasteiger partial charge in [-0.05, 0) is 85.1 Å². The summed E-state index contributed by atoms with van der Waals surface area (Å²) < 4.78 is 0. The van der Waals surface area contributed by atoms with Crippen LogP contribution < -0.4 is 5.73 Å². The second-order valence-corrected chi connectivity index (χ2v) is 7.25. The van der Waals surface area contributed by atoms with Gasteiger partial charge in [-0.2, -0.15) is 11.8 Å². The highest BCUT2D eigenvalue weighted by Gasteiger charge is 2.25. The normalized spacial score (nSPS) is 21.9. The summed E-state index contributed by atoms with van der Waals surface area (Å²) in [6.45, 7) is 0.814. The Balaban J connectivity index is 1.82. The molecule has 1 aliphatic heterocycles. The Hall–Kier alpha value is -0.470. The van der Waals surface area contributed by atoms with E-state index in [9.17, 15) is 0 Å². The predicted molar refractivity (Wildman–Crippen MR) is 84.9 cm³/mol. The lowest BCUT2D eigenvalue weighted by atomic mass is 9.80. The van der Waals surface area contributed by atoms with E-state index >= 15 is 0 Å². The van der Waals surface area contributed by atoms with Crippen molar-refractivity contribution in [1.82, 2.24) is 0 Å². The van der Waals surface area contributed by atoms with Gasteiger partial charge in [0.15, 0.2) is 0 Å². The molecule has 2 heteroatoms. The lowest BCUT2D eigenvalue weighted by molar-refractivity contribution is 0.400. The highest BCUT2D eigenvalue weighted by molar-refractivity contribution is 7.99. The van der Waals surface area contributed by atoms with Gasteiger partial charge in [-0.1, -0.05) is 18.2 Å². The number of aryl methyl sites for hydroxylation is 2. The minimum absolute atomic E-state index is 0.591. The van der Waals surface area contributed by atoms with Gasteiger partial charge in [0.2, 0.25) is 0 Å². The minimum atomic E-state index is 0.591. The van der Waals surface area contributed by atoms with Gasteiger partial charge < -0.3 is 5.73 Å². The number of hydrogen-bond donors (Lipinski definition) is 1. The number of rotatable bonds is 3. The third-order valence-electron chi connectivity index (χ3n) is 4.89. The predicted octanol–water partition coefficient (Wildman–Crippen LogP) is 3.75. The lowest BCUT2D eigenvalue weighted by Gasteiger charge is -2.30. The van der Waals surface area contributed by atoms with Crippen molar-refractivity contribution in [3.05, 3.63) is 34.9 Å². The smallest absolute Gasteiger partial charge is 0.000555 e. The van der Waals surface area contributed by atoms with E-state index in [2.05, 4.69) is 30.0 Å². The summed E-state index contributed by atoms with van der Waals surface area (Å²) in [4.78, 5) is 0. The average molecular weight is 275 g/mol. The van der Waals surface area contributed by atoms with Gasteiger partial charge in [0, 0.05) is 0 Å². The highest BCUT2D eigenvalue weighted by atomic mass is 32.2. The van der Waals surface area contributed by atoms with Crippen molar-refractivity contribution in [3.63, 3.8) is 0 Å². The topological polar surface area (TPSA) is 26.0 Å². The van der Waals surface area contributed by atoms with Crippen LogP contribution in [0.15, 0.2) is 18.2 Å². The molecule has 1 nitrogen and oxygen atoms in total. The van der Waals surface area contributed by atoms with Crippen LogP contribution in [0.5, 0.6) is 0 Å². The summed E-state index contributed by atoms with van der Waals surface area (Å²) in [7, 11) is 0. The molecule has 1 saturated heterocycles. The SMILES string of the molecule is NCC(c1ccc2c(c1)CCCC2)C1CCSCC1. The van der Waals surface area contributed by atoms with Crippen LogP contribution in [-0.4, -0.2) is 18.1 Å². The molecule has 1 aliphatic carbocycles. The van der Waals surface area contributed by atoms with Crippen LogP contribution in [0.3, 0.4) is 0 Å². The van der Waals surface area contributed by atoms with Crippen LogP contribution in [-0.2, 0) is 12.8 Å². The van der Waals surface area contributed by atoms with Crippen LogP contribution in [0.1, 0.15) is 48.3 Å². The molecule has 0 saturated carbocycles. The molecule has 104 valence electrons. The molecule has 2 N–H and O–H groups in total. The van der Waals surface area contributed by atoms with Gasteiger partial charge in [0.1, 0.15) is 0 Å². The molecule has 0 amide bonds. The number of fused-ring (bicyclic) bond motifs is 1. The first-order valence-corrected chi connectivity index (χ1v) is 8.93. The van der Waals surface area contributed by atoms with E-state index in [4.69, 9.17) is 5.73 Å². The van der Waals surface area contributed by atoms with Crippen LogP contribution >= 0.6 is 11.8 Å². The van der Waals surface area contributed by atoms with Crippen molar-refractivity contribution in [2.45, 2.75) is 44.4 Å². The maximum Gasteiger partial charge on any atom is -0.000555 e. The van der Waals surface area contributed by atoms with E-state index in [1.807, 2.05) is 0 Å². The van der Waals surface area contributed by atoms with Crippen LogP contribution in [0, 0.1) is 5.92 Å². The van der Waals surface area contributed by atoms with Crippen molar-refractivity contribution in [3.8, 4) is 0 Å². The lowest BCUT2D eigenvalue weighted by Crippen LogP contribution is -2.25. The Bertz CT molecular complexity index is 423. The summed E-state index contributed by atoms with van der Waals surface area (Å²) in [6.07, 6.45) is 7.99. The van der Waals surface area contributed by atoms with E-state index in [-0.39, 0.29) is 0 Å². The van der Waals surface area contributed by atoms with Gasteiger partial charge in [0.25, 0.3) is 0 Å². The zero-order valence-corrected chi connectivity index (χ0v) is 12.6. The maximum atomic E-state index is 6.10. The van der Waals surface area contributed by atoms with E-state index in [1.54, 1.807) is 11.1 Å². The number of nitrogens with two attached hydrogens (primary N) is 1. The van der Waals surface area contributed by atoms with E-state index in [1.165, 1.54) is 55.6 Å². The summed E-state index contributed by atoms with van der Waals surface area (Å²) in [5, 5.41) is 0. The number of thioether (sulfide) groups is 1.